The SMILES string of the molecule is CCC(C)C(C(CC(=O)N1CCCC1C(SC)C(C)C(=O)NCCc1ccccc1)OC)N(C)C(=O)C(NC(=O)C(NC)C(C)C)C(C)C. The number of carbonyl (C=O) groups excluding carboxylic acids is 4. The molecule has 0 bridgehead atoms. The van der Waals surface area contributed by atoms with Crippen molar-refractivity contribution in [2.45, 2.75) is 116 Å². The van der Waals surface area contributed by atoms with Crippen LogP contribution in [0, 0.1) is 23.7 Å². The summed E-state index contributed by atoms with van der Waals surface area (Å²) in [6.07, 6.45) is 4.84. The summed E-state index contributed by atoms with van der Waals surface area (Å²) in [6.45, 7) is 15.1. The van der Waals surface area contributed by atoms with Crippen molar-refractivity contribution in [1.82, 2.24) is 25.8 Å². The third kappa shape index (κ3) is 11.7. The third-order valence-electron chi connectivity index (χ3n) is 10.3. The van der Waals surface area contributed by atoms with E-state index in [9.17, 15) is 19.2 Å². The van der Waals surface area contributed by atoms with E-state index in [4.69, 9.17) is 4.74 Å². The molecule has 0 aliphatic carbocycles. The molecule has 1 aromatic rings. The van der Waals surface area contributed by atoms with E-state index < -0.39 is 18.2 Å². The van der Waals surface area contributed by atoms with Gasteiger partial charge in [0.05, 0.1) is 24.6 Å². The van der Waals surface area contributed by atoms with Gasteiger partial charge in [-0.25, -0.2) is 0 Å². The number of benzene rings is 1. The Hall–Kier alpha value is -2.63. The summed E-state index contributed by atoms with van der Waals surface area (Å²) in [4.78, 5) is 58.3. The third-order valence-corrected chi connectivity index (χ3v) is 11.6. The highest BCUT2D eigenvalue weighted by molar-refractivity contribution is 7.99. The van der Waals surface area contributed by atoms with E-state index in [1.165, 1.54) is 5.56 Å². The van der Waals surface area contributed by atoms with Gasteiger partial charge in [0.15, 0.2) is 0 Å². The number of methoxy groups -OCH3 is 1. The lowest BCUT2D eigenvalue weighted by Crippen LogP contribution is -2.59. The molecule has 11 heteroatoms. The molecule has 1 fully saturated rings. The molecule has 278 valence electrons. The monoisotopic (exact) mass is 703 g/mol. The molecule has 3 N–H and O–H groups in total. The average molecular weight is 704 g/mol. The largest absolute Gasteiger partial charge is 0.379 e. The van der Waals surface area contributed by atoms with E-state index in [2.05, 4.69) is 41.9 Å². The van der Waals surface area contributed by atoms with Crippen molar-refractivity contribution in [2.24, 2.45) is 23.7 Å². The Bertz CT molecular complexity index is 1180. The predicted molar refractivity (Wildman–Crippen MR) is 200 cm³/mol. The average Bonchev–Trinajstić information content (AvgIpc) is 3.56. The number of hydrogen-bond donors (Lipinski definition) is 3. The van der Waals surface area contributed by atoms with Crippen LogP contribution < -0.4 is 16.0 Å². The molecule has 0 spiro atoms. The van der Waals surface area contributed by atoms with Gasteiger partial charge in [-0.2, -0.15) is 11.8 Å². The molecule has 4 amide bonds. The number of thioether (sulfide) groups is 1. The van der Waals surface area contributed by atoms with Gasteiger partial charge >= 0.3 is 0 Å². The van der Waals surface area contributed by atoms with Gasteiger partial charge in [-0.1, -0.05) is 85.2 Å². The fraction of sp³-hybridized carbons (Fsp3) is 0.737. The smallest absolute Gasteiger partial charge is 0.245 e. The number of likely N-dealkylation sites (tertiary alicyclic amines) is 1. The molecule has 49 heavy (non-hydrogen) atoms. The summed E-state index contributed by atoms with van der Waals surface area (Å²) in [5, 5.41) is 9.12. The summed E-state index contributed by atoms with van der Waals surface area (Å²) in [6, 6.07) is 8.50. The van der Waals surface area contributed by atoms with Gasteiger partial charge in [-0.3, -0.25) is 19.2 Å². The highest BCUT2D eigenvalue weighted by atomic mass is 32.2. The molecular formula is C38H65N5O5S. The van der Waals surface area contributed by atoms with Crippen LogP contribution in [0.3, 0.4) is 0 Å². The minimum Gasteiger partial charge on any atom is -0.379 e. The zero-order valence-electron chi connectivity index (χ0n) is 32.0. The first-order valence-electron chi connectivity index (χ1n) is 18.1. The summed E-state index contributed by atoms with van der Waals surface area (Å²) in [5.41, 5.74) is 1.18. The molecule has 1 saturated heterocycles. The molecule has 2 rings (SSSR count). The van der Waals surface area contributed by atoms with Gasteiger partial charge in [0.2, 0.25) is 23.6 Å². The van der Waals surface area contributed by atoms with Crippen LogP contribution in [-0.4, -0.2) is 110 Å². The van der Waals surface area contributed by atoms with Crippen LogP contribution in [0.1, 0.15) is 79.7 Å². The van der Waals surface area contributed by atoms with Crippen molar-refractivity contribution in [1.29, 1.82) is 0 Å². The van der Waals surface area contributed by atoms with Gasteiger partial charge in [0, 0.05) is 44.5 Å². The van der Waals surface area contributed by atoms with E-state index in [-0.39, 0.29) is 71.1 Å². The maximum atomic E-state index is 14.1. The second-order valence-electron chi connectivity index (χ2n) is 14.4. The number of carbonyl (C=O) groups is 4. The van der Waals surface area contributed by atoms with E-state index in [0.717, 1.165) is 25.7 Å². The van der Waals surface area contributed by atoms with Crippen LogP contribution >= 0.6 is 11.8 Å². The first kappa shape index (κ1) is 42.5. The number of nitrogens with one attached hydrogen (secondary N) is 3. The number of hydrogen-bond acceptors (Lipinski definition) is 7. The second-order valence-corrected chi connectivity index (χ2v) is 15.4. The predicted octanol–water partition coefficient (Wildman–Crippen LogP) is 4.37. The molecule has 8 unspecified atom stereocenters. The van der Waals surface area contributed by atoms with Crippen LogP contribution in [-0.2, 0) is 30.3 Å². The lowest BCUT2D eigenvalue weighted by Gasteiger charge is -2.41. The Kier molecular flexibility index (Phi) is 18.1. The normalized spacial score (nSPS) is 19.1. The molecule has 1 heterocycles. The van der Waals surface area contributed by atoms with Crippen molar-refractivity contribution in [3.05, 3.63) is 35.9 Å². The first-order valence-corrected chi connectivity index (χ1v) is 19.4. The quantitative estimate of drug-likeness (QED) is 0.185. The van der Waals surface area contributed by atoms with E-state index in [1.54, 1.807) is 37.9 Å². The first-order chi connectivity index (χ1) is 23.2. The number of ether oxygens (including phenoxy) is 1. The van der Waals surface area contributed by atoms with Crippen LogP contribution in [0.15, 0.2) is 30.3 Å². The van der Waals surface area contributed by atoms with Crippen molar-refractivity contribution in [2.75, 3.05) is 40.6 Å². The Labute approximate surface area is 300 Å². The fourth-order valence-corrected chi connectivity index (χ4v) is 8.31. The van der Waals surface area contributed by atoms with Crippen molar-refractivity contribution < 1.29 is 23.9 Å². The zero-order chi connectivity index (χ0) is 36.8. The standard InChI is InChI=1S/C38H65N5O5S/c1-12-26(6)34(42(9)38(47)33(25(4)5)41-37(46)32(39-8)24(2)3)30(48-10)23-31(44)43-22-16-19-29(43)35(49-11)27(7)36(45)40-21-20-28-17-14-13-15-18-28/h13-15,17-18,24-27,29-30,32-35,39H,12,16,19-23H2,1-11H3,(H,40,45)(H,41,46). The lowest BCUT2D eigenvalue weighted by molar-refractivity contribution is -0.146. The van der Waals surface area contributed by atoms with Crippen LogP contribution in [0.2, 0.25) is 0 Å². The van der Waals surface area contributed by atoms with Gasteiger partial charge in [0.1, 0.15) is 6.04 Å². The minimum absolute atomic E-state index is 0.00236. The summed E-state index contributed by atoms with van der Waals surface area (Å²) < 4.78 is 6.03. The lowest BCUT2D eigenvalue weighted by atomic mass is 9.89. The maximum Gasteiger partial charge on any atom is 0.245 e. The molecule has 1 aliphatic heterocycles. The Morgan fingerprint density at radius 1 is 1.00 bits per heavy atom. The number of rotatable bonds is 20. The minimum atomic E-state index is -0.725. The fourth-order valence-electron chi connectivity index (χ4n) is 7.19. The zero-order valence-corrected chi connectivity index (χ0v) is 32.8. The number of amides is 4. The summed E-state index contributed by atoms with van der Waals surface area (Å²) in [7, 11) is 5.11. The van der Waals surface area contributed by atoms with Gasteiger partial charge in [-0.15, -0.1) is 0 Å². The van der Waals surface area contributed by atoms with Gasteiger partial charge in [0.25, 0.3) is 0 Å². The number of likely N-dealkylation sites (N-methyl/N-ethyl adjacent to an activating group) is 2. The second kappa shape index (κ2) is 20.9. The molecule has 1 aliphatic rings. The topological polar surface area (TPSA) is 120 Å². The summed E-state index contributed by atoms with van der Waals surface area (Å²) >= 11 is 1.64. The van der Waals surface area contributed by atoms with Crippen LogP contribution in [0.4, 0.5) is 0 Å². The Balaban J connectivity index is 2.20. The van der Waals surface area contributed by atoms with Crippen LogP contribution in [0.5, 0.6) is 0 Å². The molecular weight excluding hydrogens is 639 g/mol. The molecule has 0 saturated carbocycles. The van der Waals surface area contributed by atoms with E-state index in [0.29, 0.717) is 13.1 Å². The molecule has 0 aromatic heterocycles. The van der Waals surface area contributed by atoms with Gasteiger partial charge in [-0.05, 0) is 55.9 Å². The highest BCUT2D eigenvalue weighted by Crippen LogP contribution is 2.33. The van der Waals surface area contributed by atoms with Gasteiger partial charge < -0.3 is 30.5 Å². The molecule has 8 atom stereocenters. The molecule has 0 radical (unpaired) electrons. The highest BCUT2D eigenvalue weighted by Gasteiger charge is 2.42. The Morgan fingerprint density at radius 2 is 1.63 bits per heavy atom. The van der Waals surface area contributed by atoms with Crippen molar-refractivity contribution in [3.8, 4) is 0 Å². The summed E-state index contributed by atoms with van der Waals surface area (Å²) in [5.74, 6) is -0.766. The van der Waals surface area contributed by atoms with Crippen molar-refractivity contribution in [3.63, 3.8) is 0 Å². The van der Waals surface area contributed by atoms with E-state index >= 15 is 0 Å². The molecule has 1 aromatic carbocycles. The maximum absolute atomic E-state index is 14.1. The van der Waals surface area contributed by atoms with Crippen molar-refractivity contribution >= 4 is 35.4 Å². The van der Waals surface area contributed by atoms with Crippen LogP contribution in [0.25, 0.3) is 0 Å². The Morgan fingerprint density at radius 3 is 2.16 bits per heavy atom. The van der Waals surface area contributed by atoms with E-state index in [1.807, 2.05) is 64.0 Å². The number of nitrogens with zero attached hydrogens (tertiary/aromatic N) is 2. The molecule has 10 nitrogen and oxygen atoms in total.